The van der Waals surface area contributed by atoms with Gasteiger partial charge in [0.05, 0.1) is 23.7 Å². The summed E-state index contributed by atoms with van der Waals surface area (Å²) in [7, 11) is 0. The van der Waals surface area contributed by atoms with E-state index in [1.807, 2.05) is 60.7 Å². The number of nitro groups is 1. The van der Waals surface area contributed by atoms with Gasteiger partial charge in [0.25, 0.3) is 11.6 Å². The van der Waals surface area contributed by atoms with Crippen LogP contribution in [-0.2, 0) is 4.84 Å². The number of fused-ring (bicyclic) bond motifs is 3. The van der Waals surface area contributed by atoms with Crippen LogP contribution in [0.5, 0.6) is 11.5 Å². The Bertz CT molecular complexity index is 2240. The summed E-state index contributed by atoms with van der Waals surface area (Å²) in [5, 5.41) is 13.1. The lowest BCUT2D eigenvalue weighted by Crippen LogP contribution is -2.47. The van der Waals surface area contributed by atoms with E-state index in [0.717, 1.165) is 28.4 Å². The highest BCUT2D eigenvalue weighted by atomic mass is 16.7. The normalized spacial score (nSPS) is 16.7. The second kappa shape index (κ2) is 12.3. The maximum Gasteiger partial charge on any atom is 0.349 e. The standard InChI is InChI=1S/C36H28N5O8/c42-35(39-17-15-38(16-18-39)26-9-5-24(6-10-26)33-14-8-23-3-1-2-4-32(23)47-33)29-19-25-7-12-28(21-34(25)48-36(29)43)49-40-22-46-37-30-20-27(41(44)45)11-13-31(30)40/h1-14,19-21,37H,15-18,22H2/q+1. The number of amides is 1. The number of allylic oxidation sites excluding steroid dienone is 6. The molecule has 1 amide bonds. The molecule has 3 aromatic carbocycles. The fourth-order valence-corrected chi connectivity index (χ4v) is 6.03. The molecule has 0 atom stereocenters. The van der Waals surface area contributed by atoms with Gasteiger partial charge < -0.3 is 18.9 Å². The molecule has 0 saturated carbocycles. The quantitative estimate of drug-likeness (QED) is 0.135. The van der Waals surface area contributed by atoms with Crippen LogP contribution >= 0.6 is 0 Å². The molecular weight excluding hydrogens is 630 g/mol. The summed E-state index contributed by atoms with van der Waals surface area (Å²) in [6.07, 6.45) is 12.2. The maximum atomic E-state index is 13.5. The van der Waals surface area contributed by atoms with Crippen molar-refractivity contribution < 1.29 is 33.1 Å². The van der Waals surface area contributed by atoms with Crippen molar-refractivity contribution in [3.05, 3.63) is 140 Å². The number of carbonyl (C=O) groups is 1. The highest BCUT2D eigenvalue weighted by molar-refractivity contribution is 6.02. The molecule has 244 valence electrons. The van der Waals surface area contributed by atoms with E-state index < -0.39 is 10.5 Å². The smallest absolute Gasteiger partial charge is 0.349 e. The van der Waals surface area contributed by atoms with E-state index in [1.165, 1.54) is 23.3 Å². The molecule has 4 aliphatic rings. The number of nitrogens with zero attached hydrogens (tertiary/aromatic N) is 4. The average molecular weight is 659 g/mol. The molecule has 0 spiro atoms. The molecule has 1 aliphatic carbocycles. The first kappa shape index (κ1) is 29.9. The lowest BCUT2D eigenvalue weighted by Gasteiger charge is -2.30. The fourth-order valence-electron chi connectivity index (χ4n) is 6.03. The molecule has 13 heteroatoms. The van der Waals surface area contributed by atoms with E-state index in [4.69, 9.17) is 18.8 Å². The van der Waals surface area contributed by atoms with Crippen LogP contribution in [0.25, 0.3) is 17.0 Å². The average Bonchev–Trinajstić information content (AvgIpc) is 3.14. The van der Waals surface area contributed by atoms with Gasteiger partial charge in [-0.1, -0.05) is 18.2 Å². The summed E-state index contributed by atoms with van der Waals surface area (Å²) in [4.78, 5) is 50.0. The Balaban J connectivity index is 0.931. The van der Waals surface area contributed by atoms with Crippen molar-refractivity contribution in [3.63, 3.8) is 0 Å². The predicted octanol–water partition coefficient (Wildman–Crippen LogP) is 5.21. The van der Waals surface area contributed by atoms with Gasteiger partial charge in [-0.05, 0) is 54.6 Å². The highest BCUT2D eigenvalue weighted by Gasteiger charge is 2.28. The Morgan fingerprint density at radius 1 is 0.939 bits per heavy atom. The van der Waals surface area contributed by atoms with Crippen molar-refractivity contribution in [1.29, 1.82) is 0 Å². The van der Waals surface area contributed by atoms with Crippen molar-refractivity contribution in [3.8, 4) is 11.5 Å². The fraction of sp³-hybridized carbons (Fsp3) is 0.139. The Morgan fingerprint density at radius 2 is 1.76 bits per heavy atom. The topological polar surface area (TPSA) is 140 Å². The molecule has 1 aromatic heterocycles. The third kappa shape index (κ3) is 5.83. The van der Waals surface area contributed by atoms with Gasteiger partial charge >= 0.3 is 5.63 Å². The number of nitrogens with one attached hydrogen (secondary N) is 1. The Hall–Kier alpha value is -6.47. The number of hydrogen-bond donors (Lipinski definition) is 1. The van der Waals surface area contributed by atoms with E-state index in [2.05, 4.69) is 10.1 Å². The third-order valence-corrected chi connectivity index (χ3v) is 8.61. The summed E-state index contributed by atoms with van der Waals surface area (Å²) in [6, 6.07) is 18.6. The minimum absolute atomic E-state index is 0.0135. The molecule has 1 N–H and O–H groups in total. The van der Waals surface area contributed by atoms with Crippen molar-refractivity contribution >= 4 is 45.7 Å². The molecule has 13 nitrogen and oxygen atoms in total. The van der Waals surface area contributed by atoms with Gasteiger partial charge in [-0.15, -0.1) is 0 Å². The highest BCUT2D eigenvalue weighted by Crippen LogP contribution is 2.34. The number of para-hydroxylation sites is 1. The van der Waals surface area contributed by atoms with Crippen LogP contribution in [0.15, 0.2) is 118 Å². The van der Waals surface area contributed by atoms with E-state index in [-0.39, 0.29) is 29.5 Å². The number of ether oxygens (including phenoxy) is 1. The lowest BCUT2D eigenvalue weighted by molar-refractivity contribution is -0.536. The van der Waals surface area contributed by atoms with E-state index in [1.54, 1.807) is 29.2 Å². The van der Waals surface area contributed by atoms with Crippen molar-refractivity contribution in [2.24, 2.45) is 0 Å². The molecule has 4 aromatic rings. The monoisotopic (exact) mass is 658 g/mol. The van der Waals surface area contributed by atoms with Crippen molar-refractivity contribution in [2.75, 3.05) is 43.5 Å². The van der Waals surface area contributed by atoms with Crippen molar-refractivity contribution in [1.82, 2.24) is 4.90 Å². The van der Waals surface area contributed by atoms with Gasteiger partial charge in [0.1, 0.15) is 28.3 Å². The number of anilines is 2. The van der Waals surface area contributed by atoms with Gasteiger partial charge in [-0.3, -0.25) is 25.2 Å². The van der Waals surface area contributed by atoms with Crippen LogP contribution in [0.4, 0.5) is 17.1 Å². The van der Waals surface area contributed by atoms with Crippen LogP contribution < -0.4 is 25.7 Å². The van der Waals surface area contributed by atoms with Gasteiger partial charge in [-0.25, -0.2) is 9.37 Å². The summed E-state index contributed by atoms with van der Waals surface area (Å²) < 4.78 is 13.9. The second-order valence-corrected chi connectivity index (χ2v) is 11.6. The van der Waals surface area contributed by atoms with Crippen LogP contribution in [0.1, 0.15) is 15.9 Å². The number of nitro benzene ring substituents is 1. The van der Waals surface area contributed by atoms with Gasteiger partial charge in [0, 0.05) is 46.9 Å². The first-order chi connectivity index (χ1) is 23.9. The van der Waals surface area contributed by atoms with E-state index >= 15 is 0 Å². The first-order valence-electron chi connectivity index (χ1n) is 15.6. The minimum Gasteiger partial charge on any atom is -0.456 e. The maximum absolute atomic E-state index is 13.5. The summed E-state index contributed by atoms with van der Waals surface area (Å²) >= 11 is 0. The zero-order chi connectivity index (χ0) is 33.5. The largest absolute Gasteiger partial charge is 0.456 e. The zero-order valence-electron chi connectivity index (χ0n) is 25.9. The Morgan fingerprint density at radius 3 is 2.57 bits per heavy atom. The number of carbonyl (C=O) groups excluding carboxylic acids is 1. The summed E-state index contributed by atoms with van der Waals surface area (Å²) in [5.41, 5.74) is 5.95. The van der Waals surface area contributed by atoms with Gasteiger partial charge in [-0.2, -0.15) is 5.06 Å². The summed E-state index contributed by atoms with van der Waals surface area (Å²) in [6.45, 7) is 2.10. The van der Waals surface area contributed by atoms with Crippen molar-refractivity contribution in [2.45, 2.75) is 0 Å². The van der Waals surface area contributed by atoms with Gasteiger partial charge in [0.2, 0.25) is 0 Å². The van der Waals surface area contributed by atoms with Crippen LogP contribution in [0.3, 0.4) is 0 Å². The number of benzene rings is 3. The van der Waals surface area contributed by atoms with E-state index in [0.29, 0.717) is 48.7 Å². The number of hydrogen-bond acceptors (Lipinski definition) is 10. The lowest BCUT2D eigenvalue weighted by atomic mass is 10.0. The van der Waals surface area contributed by atoms with Crippen LogP contribution in [0, 0.1) is 10.1 Å². The SMILES string of the molecule is O=C(c1cc2ccc(ON3CONc4cc([N+](=O)[O-])ccc43)cc2oc1=O)N1CC[N+](=C2C=CC(=C3C=Cc4ccccc4O3)C=C2)CC1. The van der Waals surface area contributed by atoms with Crippen LogP contribution in [-0.4, -0.2) is 58.9 Å². The third-order valence-electron chi connectivity index (χ3n) is 8.61. The molecule has 4 heterocycles. The molecule has 0 unspecified atom stereocenters. The molecule has 1 saturated heterocycles. The first-order valence-corrected chi connectivity index (χ1v) is 15.6. The number of rotatable bonds is 4. The summed E-state index contributed by atoms with van der Waals surface area (Å²) in [5.74, 6) is 1.57. The number of piperazine rings is 1. The minimum atomic E-state index is -0.741. The zero-order valence-corrected chi connectivity index (χ0v) is 25.9. The predicted molar refractivity (Wildman–Crippen MR) is 181 cm³/mol. The molecule has 0 bridgehead atoms. The molecule has 49 heavy (non-hydrogen) atoms. The number of non-ortho nitro benzene ring substituents is 1. The molecule has 8 rings (SSSR count). The molecular formula is C36H28N5O8+. The molecule has 0 radical (unpaired) electrons. The Kier molecular flexibility index (Phi) is 7.49. The molecule has 1 fully saturated rings. The van der Waals surface area contributed by atoms with E-state index in [9.17, 15) is 19.7 Å². The van der Waals surface area contributed by atoms with Gasteiger partial charge in [0.15, 0.2) is 31.3 Å². The second-order valence-electron chi connectivity index (χ2n) is 11.6. The van der Waals surface area contributed by atoms with Crippen LogP contribution in [0.2, 0.25) is 0 Å². The number of hydroxylamine groups is 1. The Labute approximate surface area is 278 Å². The molecule has 3 aliphatic heterocycles.